The minimum Gasteiger partial charge on any atom is -0.370 e. The summed E-state index contributed by atoms with van der Waals surface area (Å²) in [4.78, 5) is 1.78. The molecule has 2 aromatic carbocycles. The van der Waals surface area contributed by atoms with Gasteiger partial charge in [-0.05, 0) is 55.3 Å². The van der Waals surface area contributed by atoms with Gasteiger partial charge in [-0.2, -0.15) is 13.2 Å². The summed E-state index contributed by atoms with van der Waals surface area (Å²) in [5, 5.41) is 6.23. The zero-order valence-electron chi connectivity index (χ0n) is 15.1. The second kappa shape index (κ2) is 6.41. The van der Waals surface area contributed by atoms with Crippen LogP contribution in [-0.4, -0.2) is 26.2 Å². The highest BCUT2D eigenvalue weighted by molar-refractivity contribution is 5.74. The summed E-state index contributed by atoms with van der Waals surface area (Å²) in [5.74, 6) is -0.384. The van der Waals surface area contributed by atoms with Gasteiger partial charge in [0.1, 0.15) is 5.82 Å². The number of anilines is 3. The van der Waals surface area contributed by atoms with Gasteiger partial charge in [0, 0.05) is 36.9 Å². The van der Waals surface area contributed by atoms with E-state index in [1.54, 1.807) is 37.1 Å². The Morgan fingerprint density at radius 1 is 1.15 bits per heavy atom. The van der Waals surface area contributed by atoms with Crippen molar-refractivity contribution in [3.63, 3.8) is 0 Å². The van der Waals surface area contributed by atoms with Crippen molar-refractivity contribution in [1.82, 2.24) is 5.32 Å². The van der Waals surface area contributed by atoms with E-state index in [2.05, 4.69) is 10.6 Å². The summed E-state index contributed by atoms with van der Waals surface area (Å²) in [7, 11) is 1.74. The fraction of sp³-hybridized carbons (Fsp3) is 0.400. The van der Waals surface area contributed by atoms with E-state index in [1.165, 1.54) is 6.07 Å². The van der Waals surface area contributed by atoms with E-state index >= 15 is 0 Å². The van der Waals surface area contributed by atoms with Crippen molar-refractivity contribution >= 4 is 17.1 Å². The summed E-state index contributed by atoms with van der Waals surface area (Å²) < 4.78 is 55.2. The van der Waals surface area contributed by atoms with E-state index in [4.69, 9.17) is 0 Å². The van der Waals surface area contributed by atoms with Crippen LogP contribution in [0.15, 0.2) is 30.3 Å². The molecule has 4 rings (SSSR count). The lowest BCUT2D eigenvalue weighted by atomic mass is 9.89. The molecule has 2 heterocycles. The maximum absolute atomic E-state index is 13.8. The molecule has 144 valence electrons. The maximum Gasteiger partial charge on any atom is 0.418 e. The van der Waals surface area contributed by atoms with Gasteiger partial charge in [0.15, 0.2) is 0 Å². The number of nitrogens with one attached hydrogen (secondary N) is 2. The SMILES string of the molecule is Cc1ccc(Nc2cc3c(c(C(F)(F)F)c2)N(C)[C@H]2CCNC[C@@H]32)cc1F. The number of nitrogens with zero attached hydrogens (tertiary/aromatic N) is 1. The Morgan fingerprint density at radius 2 is 1.93 bits per heavy atom. The van der Waals surface area contributed by atoms with Crippen LogP contribution in [0.4, 0.5) is 34.6 Å². The number of halogens is 4. The molecule has 27 heavy (non-hydrogen) atoms. The molecule has 0 bridgehead atoms. The second-order valence-corrected chi connectivity index (χ2v) is 7.33. The summed E-state index contributed by atoms with van der Waals surface area (Å²) >= 11 is 0. The van der Waals surface area contributed by atoms with E-state index in [0.29, 0.717) is 29.0 Å². The molecule has 2 atom stereocenters. The Labute approximate surface area is 155 Å². The van der Waals surface area contributed by atoms with Crippen molar-refractivity contribution in [2.24, 2.45) is 0 Å². The molecule has 2 aliphatic heterocycles. The molecule has 0 unspecified atom stereocenters. The van der Waals surface area contributed by atoms with Crippen LogP contribution in [0.1, 0.15) is 29.0 Å². The molecule has 0 saturated carbocycles. The van der Waals surface area contributed by atoms with E-state index in [0.717, 1.165) is 19.0 Å². The average molecular weight is 379 g/mol. The third kappa shape index (κ3) is 3.14. The number of hydrogen-bond acceptors (Lipinski definition) is 3. The van der Waals surface area contributed by atoms with E-state index in [9.17, 15) is 17.6 Å². The van der Waals surface area contributed by atoms with Gasteiger partial charge < -0.3 is 15.5 Å². The van der Waals surface area contributed by atoms with Crippen molar-refractivity contribution in [2.75, 3.05) is 30.4 Å². The van der Waals surface area contributed by atoms with Crippen molar-refractivity contribution in [2.45, 2.75) is 31.5 Å². The third-order valence-corrected chi connectivity index (χ3v) is 5.60. The lowest BCUT2D eigenvalue weighted by Gasteiger charge is -2.31. The molecule has 7 heteroatoms. The number of aryl methyl sites for hydroxylation is 1. The Bertz CT molecular complexity index is 878. The number of hydrogen-bond donors (Lipinski definition) is 2. The third-order valence-electron chi connectivity index (χ3n) is 5.60. The Balaban J connectivity index is 1.79. The Kier molecular flexibility index (Phi) is 4.29. The molecule has 1 fully saturated rings. The monoisotopic (exact) mass is 379 g/mol. The highest BCUT2D eigenvalue weighted by Gasteiger charge is 2.45. The molecule has 3 nitrogen and oxygen atoms in total. The van der Waals surface area contributed by atoms with Crippen molar-refractivity contribution < 1.29 is 17.6 Å². The molecule has 2 aromatic rings. The van der Waals surface area contributed by atoms with Gasteiger partial charge in [-0.25, -0.2) is 4.39 Å². The van der Waals surface area contributed by atoms with Crippen LogP contribution in [0.5, 0.6) is 0 Å². The zero-order chi connectivity index (χ0) is 19.3. The topological polar surface area (TPSA) is 27.3 Å². The van der Waals surface area contributed by atoms with Crippen LogP contribution in [0.2, 0.25) is 0 Å². The number of alkyl halides is 3. The van der Waals surface area contributed by atoms with E-state index in [-0.39, 0.29) is 17.6 Å². The first-order valence-corrected chi connectivity index (χ1v) is 8.97. The highest BCUT2D eigenvalue weighted by atomic mass is 19.4. The average Bonchev–Trinajstić information content (AvgIpc) is 2.90. The van der Waals surface area contributed by atoms with Gasteiger partial charge in [0.2, 0.25) is 0 Å². The smallest absolute Gasteiger partial charge is 0.370 e. The summed E-state index contributed by atoms with van der Waals surface area (Å²) in [6.45, 7) is 3.10. The fourth-order valence-electron chi connectivity index (χ4n) is 4.25. The molecular weight excluding hydrogens is 358 g/mol. The number of likely N-dealkylation sites (N-methyl/N-ethyl adjacent to an activating group) is 1. The maximum atomic E-state index is 13.8. The lowest BCUT2D eigenvalue weighted by molar-refractivity contribution is -0.137. The van der Waals surface area contributed by atoms with Crippen LogP contribution in [0.3, 0.4) is 0 Å². The van der Waals surface area contributed by atoms with Crippen LogP contribution in [-0.2, 0) is 6.18 Å². The standard InChI is InChI=1S/C20H21F4N3/c1-11-3-4-12(9-17(11)21)26-13-7-14-15-10-25-6-5-18(15)27(2)19(14)16(8-13)20(22,23)24/h3-4,7-9,15,18,25-26H,5-6,10H2,1-2H3/t15-,18-/m0/s1. The molecule has 2 N–H and O–H groups in total. The van der Waals surface area contributed by atoms with Gasteiger partial charge in [0.05, 0.1) is 11.3 Å². The van der Waals surface area contributed by atoms with Crippen molar-refractivity contribution in [3.05, 3.63) is 52.8 Å². The van der Waals surface area contributed by atoms with Gasteiger partial charge in [0.25, 0.3) is 0 Å². The van der Waals surface area contributed by atoms with E-state index in [1.807, 2.05) is 0 Å². The van der Waals surface area contributed by atoms with Crippen LogP contribution >= 0.6 is 0 Å². The summed E-state index contributed by atoms with van der Waals surface area (Å²) in [5.41, 5.74) is 1.55. The Hall–Kier alpha value is -2.28. The van der Waals surface area contributed by atoms with Crippen LogP contribution < -0.4 is 15.5 Å². The molecule has 0 spiro atoms. The molecule has 0 radical (unpaired) electrons. The predicted molar refractivity (Wildman–Crippen MR) is 98.3 cm³/mol. The van der Waals surface area contributed by atoms with Crippen molar-refractivity contribution in [1.29, 1.82) is 0 Å². The summed E-state index contributed by atoms with van der Waals surface area (Å²) in [6, 6.07) is 7.52. The molecule has 2 aliphatic rings. The zero-order valence-corrected chi connectivity index (χ0v) is 15.1. The molecule has 0 aliphatic carbocycles. The highest BCUT2D eigenvalue weighted by Crippen LogP contribution is 2.50. The number of rotatable bonds is 2. The first-order valence-electron chi connectivity index (χ1n) is 8.97. The number of fused-ring (bicyclic) bond motifs is 3. The van der Waals surface area contributed by atoms with Crippen LogP contribution in [0.25, 0.3) is 0 Å². The first-order chi connectivity index (χ1) is 12.8. The van der Waals surface area contributed by atoms with Crippen LogP contribution in [0, 0.1) is 12.7 Å². The largest absolute Gasteiger partial charge is 0.418 e. The lowest BCUT2D eigenvalue weighted by Crippen LogP contribution is -2.42. The van der Waals surface area contributed by atoms with E-state index < -0.39 is 17.6 Å². The van der Waals surface area contributed by atoms with Gasteiger partial charge in [-0.3, -0.25) is 0 Å². The molecule has 1 saturated heterocycles. The quantitative estimate of drug-likeness (QED) is 0.735. The predicted octanol–water partition coefficient (Wildman–Crippen LogP) is 4.79. The number of piperidine rings is 1. The van der Waals surface area contributed by atoms with Crippen molar-refractivity contribution in [3.8, 4) is 0 Å². The number of benzene rings is 2. The molecule has 0 amide bonds. The van der Waals surface area contributed by atoms with Gasteiger partial charge >= 0.3 is 6.18 Å². The second-order valence-electron chi connectivity index (χ2n) is 7.33. The first kappa shape index (κ1) is 18.1. The normalized spacial score (nSPS) is 21.8. The minimum absolute atomic E-state index is 0.0105. The van der Waals surface area contributed by atoms with Gasteiger partial charge in [-0.1, -0.05) is 6.07 Å². The summed E-state index contributed by atoms with van der Waals surface area (Å²) in [6.07, 6.45) is -3.66. The fourth-order valence-corrected chi connectivity index (χ4v) is 4.25. The van der Waals surface area contributed by atoms with Gasteiger partial charge in [-0.15, -0.1) is 0 Å². The molecular formula is C20H21F4N3. The minimum atomic E-state index is -4.46. The Morgan fingerprint density at radius 3 is 2.63 bits per heavy atom. The molecule has 0 aromatic heterocycles.